The standard InChI is InChI=1S/C23H23N3O2S/c1-18(20-4-6-21(7-5-20)25-13-2-3-14-25)23(27)26(22-10-15-29(28)17-22)16-19-8-11-24-12-9-19/h2-15,18,22H,16-17H2,1H3. The maximum Gasteiger partial charge on any atom is 0.230 e. The van der Waals surface area contributed by atoms with Crippen LogP contribution in [0.3, 0.4) is 0 Å². The molecule has 1 aliphatic heterocycles. The average Bonchev–Trinajstić information content (AvgIpc) is 3.44. The Bertz CT molecular complexity index is 1010. The fourth-order valence-corrected chi connectivity index (χ4v) is 4.62. The molecule has 2 aromatic heterocycles. The van der Waals surface area contributed by atoms with E-state index in [1.54, 1.807) is 17.8 Å². The van der Waals surface area contributed by atoms with Gasteiger partial charge in [-0.2, -0.15) is 0 Å². The third kappa shape index (κ3) is 4.38. The normalized spacial score (nSPS) is 19.2. The molecule has 148 valence electrons. The quantitative estimate of drug-likeness (QED) is 0.629. The summed E-state index contributed by atoms with van der Waals surface area (Å²) in [5.74, 6) is 0.192. The second-order valence-electron chi connectivity index (χ2n) is 7.17. The zero-order chi connectivity index (χ0) is 20.2. The van der Waals surface area contributed by atoms with Crippen LogP contribution in [0.25, 0.3) is 5.69 Å². The number of rotatable bonds is 6. The van der Waals surface area contributed by atoms with E-state index in [-0.39, 0.29) is 17.9 Å². The Balaban J connectivity index is 1.56. The smallest absolute Gasteiger partial charge is 0.230 e. The number of carbonyl (C=O) groups excluding carboxylic acids is 1. The van der Waals surface area contributed by atoms with Crippen LogP contribution in [-0.2, 0) is 22.1 Å². The van der Waals surface area contributed by atoms with Crippen molar-refractivity contribution in [2.45, 2.75) is 25.4 Å². The summed E-state index contributed by atoms with van der Waals surface area (Å²) in [4.78, 5) is 19.3. The molecule has 0 fully saturated rings. The van der Waals surface area contributed by atoms with Crippen LogP contribution in [0, 0.1) is 0 Å². The first-order valence-electron chi connectivity index (χ1n) is 9.60. The fourth-order valence-electron chi connectivity index (χ4n) is 3.53. The van der Waals surface area contributed by atoms with E-state index >= 15 is 0 Å². The van der Waals surface area contributed by atoms with Gasteiger partial charge in [-0.1, -0.05) is 18.2 Å². The number of carbonyl (C=O) groups is 1. The van der Waals surface area contributed by atoms with E-state index < -0.39 is 10.8 Å². The molecule has 3 atom stereocenters. The Morgan fingerprint density at radius 2 is 1.86 bits per heavy atom. The van der Waals surface area contributed by atoms with Gasteiger partial charge in [0.1, 0.15) is 0 Å². The third-order valence-electron chi connectivity index (χ3n) is 5.24. The molecule has 0 spiro atoms. The molecule has 5 nitrogen and oxygen atoms in total. The minimum absolute atomic E-state index is 0.0316. The van der Waals surface area contributed by atoms with Gasteiger partial charge in [-0.15, -0.1) is 0 Å². The number of amides is 1. The lowest BCUT2D eigenvalue weighted by Crippen LogP contribution is -2.42. The van der Waals surface area contributed by atoms with Crippen LogP contribution in [0.1, 0.15) is 24.0 Å². The molecule has 0 bridgehead atoms. The van der Waals surface area contributed by atoms with Crippen molar-refractivity contribution in [2.75, 3.05) is 5.75 Å². The topological polar surface area (TPSA) is 55.2 Å². The van der Waals surface area contributed by atoms with Crippen LogP contribution < -0.4 is 0 Å². The highest BCUT2D eigenvalue weighted by Gasteiger charge is 2.30. The maximum atomic E-state index is 13.4. The van der Waals surface area contributed by atoms with E-state index in [0.29, 0.717) is 12.3 Å². The lowest BCUT2D eigenvalue weighted by molar-refractivity contribution is -0.134. The molecule has 3 unspecified atom stereocenters. The lowest BCUT2D eigenvalue weighted by atomic mass is 9.98. The average molecular weight is 406 g/mol. The van der Waals surface area contributed by atoms with E-state index in [2.05, 4.69) is 4.98 Å². The van der Waals surface area contributed by atoms with Crippen molar-refractivity contribution in [3.8, 4) is 5.69 Å². The van der Waals surface area contributed by atoms with Crippen LogP contribution >= 0.6 is 0 Å². The number of hydrogen-bond donors (Lipinski definition) is 0. The predicted molar refractivity (Wildman–Crippen MR) is 115 cm³/mol. The van der Waals surface area contributed by atoms with Crippen LogP contribution in [0.4, 0.5) is 0 Å². The highest BCUT2D eigenvalue weighted by Crippen LogP contribution is 2.24. The zero-order valence-electron chi connectivity index (χ0n) is 16.2. The number of benzene rings is 1. The summed E-state index contributed by atoms with van der Waals surface area (Å²) in [6.07, 6.45) is 9.32. The second kappa shape index (κ2) is 8.57. The Morgan fingerprint density at radius 3 is 2.48 bits per heavy atom. The molecule has 3 aromatic rings. The van der Waals surface area contributed by atoms with Crippen molar-refractivity contribution in [3.63, 3.8) is 0 Å². The van der Waals surface area contributed by atoms with Gasteiger partial charge in [-0.3, -0.25) is 14.0 Å². The highest BCUT2D eigenvalue weighted by atomic mass is 32.2. The van der Waals surface area contributed by atoms with Crippen LogP contribution in [0.2, 0.25) is 0 Å². The number of pyridine rings is 1. The summed E-state index contributed by atoms with van der Waals surface area (Å²) in [6, 6.07) is 15.7. The molecule has 0 N–H and O–H groups in total. The number of aromatic nitrogens is 2. The van der Waals surface area contributed by atoms with Crippen LogP contribution in [0.15, 0.2) is 84.8 Å². The van der Waals surface area contributed by atoms with Gasteiger partial charge in [0.05, 0.1) is 17.7 Å². The second-order valence-corrected chi connectivity index (χ2v) is 8.54. The maximum absolute atomic E-state index is 13.4. The molecule has 4 rings (SSSR count). The van der Waals surface area contributed by atoms with Crippen molar-refractivity contribution in [3.05, 3.63) is 95.9 Å². The van der Waals surface area contributed by atoms with Gasteiger partial charge >= 0.3 is 0 Å². The number of nitrogens with zero attached hydrogens (tertiary/aromatic N) is 3. The minimum atomic E-state index is -1.02. The van der Waals surface area contributed by atoms with Gasteiger partial charge in [0, 0.05) is 53.2 Å². The molecule has 3 heterocycles. The van der Waals surface area contributed by atoms with E-state index in [1.807, 2.05) is 83.4 Å². The molecule has 1 amide bonds. The van der Waals surface area contributed by atoms with E-state index in [9.17, 15) is 9.00 Å². The Kier molecular flexibility index (Phi) is 5.71. The molecule has 29 heavy (non-hydrogen) atoms. The fraction of sp³-hybridized carbons (Fsp3) is 0.217. The first kappa shape index (κ1) is 19.3. The van der Waals surface area contributed by atoms with Crippen molar-refractivity contribution >= 4 is 16.7 Å². The lowest BCUT2D eigenvalue weighted by Gasteiger charge is -2.30. The van der Waals surface area contributed by atoms with E-state index in [0.717, 1.165) is 16.8 Å². The van der Waals surface area contributed by atoms with Gasteiger partial charge in [-0.05, 0) is 54.4 Å². The Hall–Kier alpha value is -2.99. The molecule has 0 radical (unpaired) electrons. The van der Waals surface area contributed by atoms with Gasteiger partial charge in [-0.25, -0.2) is 0 Å². The SMILES string of the molecule is CC(C(=O)N(Cc1ccncc1)C1C=CS(=O)C1)c1ccc(-n2cccc2)cc1. The zero-order valence-corrected chi connectivity index (χ0v) is 17.0. The van der Waals surface area contributed by atoms with Gasteiger partial charge in [0.15, 0.2) is 0 Å². The van der Waals surface area contributed by atoms with E-state index in [1.165, 1.54) is 0 Å². The number of hydrogen-bond acceptors (Lipinski definition) is 3. The first-order valence-corrected chi connectivity index (χ1v) is 11.0. The summed E-state index contributed by atoms with van der Waals surface area (Å²) in [7, 11) is -1.02. The van der Waals surface area contributed by atoms with Gasteiger partial charge in [0.2, 0.25) is 5.91 Å². The molecule has 6 heteroatoms. The van der Waals surface area contributed by atoms with Crippen LogP contribution in [-0.4, -0.2) is 36.4 Å². The first-order chi connectivity index (χ1) is 14.1. The molecule has 0 saturated heterocycles. The predicted octanol–water partition coefficient (Wildman–Crippen LogP) is 3.65. The summed E-state index contributed by atoms with van der Waals surface area (Å²) >= 11 is 0. The summed E-state index contributed by atoms with van der Waals surface area (Å²) < 4.78 is 13.9. The Labute approximate surface area is 173 Å². The molecule has 0 aliphatic carbocycles. The third-order valence-corrected chi connectivity index (χ3v) is 6.37. The monoisotopic (exact) mass is 405 g/mol. The van der Waals surface area contributed by atoms with Gasteiger partial charge < -0.3 is 9.47 Å². The van der Waals surface area contributed by atoms with Crippen molar-refractivity contribution in [2.24, 2.45) is 0 Å². The molecule has 1 aromatic carbocycles. The molecule has 0 saturated carbocycles. The highest BCUT2D eigenvalue weighted by molar-refractivity contribution is 7.88. The largest absolute Gasteiger partial charge is 0.330 e. The van der Waals surface area contributed by atoms with Crippen LogP contribution in [0.5, 0.6) is 0 Å². The Morgan fingerprint density at radius 1 is 1.17 bits per heavy atom. The van der Waals surface area contributed by atoms with E-state index in [4.69, 9.17) is 0 Å². The molecule has 1 aliphatic rings. The minimum Gasteiger partial charge on any atom is -0.330 e. The summed E-state index contributed by atoms with van der Waals surface area (Å²) in [6.45, 7) is 2.40. The summed E-state index contributed by atoms with van der Waals surface area (Å²) in [5, 5.41) is 1.69. The van der Waals surface area contributed by atoms with Crippen molar-refractivity contribution in [1.29, 1.82) is 0 Å². The summed E-state index contributed by atoms with van der Waals surface area (Å²) in [5.41, 5.74) is 3.03. The van der Waals surface area contributed by atoms with Crippen molar-refractivity contribution in [1.82, 2.24) is 14.5 Å². The van der Waals surface area contributed by atoms with Crippen molar-refractivity contribution < 1.29 is 9.00 Å². The van der Waals surface area contributed by atoms with Gasteiger partial charge in [0.25, 0.3) is 0 Å². The molecular weight excluding hydrogens is 382 g/mol. The molecular formula is C23H23N3O2S.